The summed E-state index contributed by atoms with van der Waals surface area (Å²) in [7, 11) is 1.74. The molecule has 0 saturated carbocycles. The van der Waals surface area contributed by atoms with E-state index >= 15 is 0 Å². The van der Waals surface area contributed by atoms with Crippen LogP contribution in [0.1, 0.15) is 32.6 Å². The summed E-state index contributed by atoms with van der Waals surface area (Å²) in [6.45, 7) is 10.6. The number of piperidine rings is 1. The first-order valence-corrected chi connectivity index (χ1v) is 7.86. The summed E-state index contributed by atoms with van der Waals surface area (Å²) in [5.41, 5.74) is 0. The lowest BCUT2D eigenvalue weighted by Crippen LogP contribution is -2.39. The first-order valence-electron chi connectivity index (χ1n) is 7.86. The lowest BCUT2D eigenvalue weighted by Gasteiger charge is -2.29. The van der Waals surface area contributed by atoms with Crippen molar-refractivity contribution in [2.45, 2.75) is 32.6 Å². The molecule has 1 heterocycles. The second-order valence-electron chi connectivity index (χ2n) is 5.47. The molecule has 1 atom stereocenters. The van der Waals surface area contributed by atoms with Crippen LogP contribution in [0.3, 0.4) is 0 Å². The quantitative estimate of drug-likeness (QED) is 0.581. The number of methoxy groups -OCH3 is 1. The Hall–Kier alpha value is -0.160. The van der Waals surface area contributed by atoms with Gasteiger partial charge in [-0.3, -0.25) is 0 Å². The minimum Gasteiger partial charge on any atom is -0.385 e. The van der Waals surface area contributed by atoms with Crippen molar-refractivity contribution < 1.29 is 9.47 Å². The average Bonchev–Trinajstić information content (AvgIpc) is 2.44. The van der Waals surface area contributed by atoms with Crippen molar-refractivity contribution in [1.29, 1.82) is 0 Å². The molecule has 1 aliphatic rings. The van der Waals surface area contributed by atoms with Gasteiger partial charge in [0.15, 0.2) is 0 Å². The molecule has 0 radical (unpaired) electrons. The van der Waals surface area contributed by atoms with Crippen LogP contribution in [0.15, 0.2) is 0 Å². The highest BCUT2D eigenvalue weighted by molar-refractivity contribution is 4.72. The predicted molar refractivity (Wildman–Crippen MR) is 79.6 cm³/mol. The molecule has 0 spiro atoms. The highest BCUT2D eigenvalue weighted by Gasteiger charge is 2.16. The fraction of sp³-hybridized carbons (Fsp3) is 1.00. The molecule has 1 aliphatic heterocycles. The Labute approximate surface area is 118 Å². The van der Waals surface area contributed by atoms with E-state index < -0.39 is 0 Å². The van der Waals surface area contributed by atoms with E-state index in [0.717, 1.165) is 38.7 Å². The maximum absolute atomic E-state index is 5.66. The highest BCUT2D eigenvalue weighted by atomic mass is 16.5. The van der Waals surface area contributed by atoms with Crippen LogP contribution < -0.4 is 5.32 Å². The lowest BCUT2D eigenvalue weighted by molar-refractivity contribution is 0.0783. The number of nitrogens with zero attached hydrogens (tertiary/aromatic N) is 1. The maximum Gasteiger partial charge on any atom is 0.0593 e. The van der Waals surface area contributed by atoms with Gasteiger partial charge in [-0.15, -0.1) is 0 Å². The Morgan fingerprint density at radius 1 is 1.21 bits per heavy atom. The van der Waals surface area contributed by atoms with Crippen LogP contribution in [-0.4, -0.2) is 64.6 Å². The van der Waals surface area contributed by atoms with E-state index in [1.165, 1.54) is 45.4 Å². The normalized spacial score (nSPS) is 20.1. The molecule has 1 saturated heterocycles. The van der Waals surface area contributed by atoms with E-state index in [2.05, 4.69) is 17.1 Å². The molecule has 0 amide bonds. The van der Waals surface area contributed by atoms with Gasteiger partial charge in [0.1, 0.15) is 0 Å². The monoisotopic (exact) mass is 272 g/mol. The van der Waals surface area contributed by atoms with Gasteiger partial charge in [-0.2, -0.15) is 0 Å². The average molecular weight is 272 g/mol. The first-order chi connectivity index (χ1) is 9.36. The van der Waals surface area contributed by atoms with E-state index in [1.54, 1.807) is 7.11 Å². The van der Waals surface area contributed by atoms with Crippen LogP contribution in [-0.2, 0) is 9.47 Å². The van der Waals surface area contributed by atoms with Gasteiger partial charge in [0.05, 0.1) is 6.61 Å². The first kappa shape index (κ1) is 16.9. The molecule has 0 aromatic carbocycles. The third-order valence-electron chi connectivity index (χ3n) is 3.64. The molecule has 0 bridgehead atoms. The fourth-order valence-electron chi connectivity index (χ4n) is 2.66. The number of nitrogens with one attached hydrogen (secondary N) is 1. The molecule has 0 aromatic heterocycles. The molecule has 1 rings (SSSR count). The van der Waals surface area contributed by atoms with Crippen molar-refractivity contribution in [1.82, 2.24) is 10.2 Å². The predicted octanol–water partition coefficient (Wildman–Crippen LogP) is 1.75. The number of rotatable bonds is 11. The Kier molecular flexibility index (Phi) is 10.4. The zero-order chi connectivity index (χ0) is 13.8. The van der Waals surface area contributed by atoms with Crippen molar-refractivity contribution in [2.75, 3.05) is 59.7 Å². The van der Waals surface area contributed by atoms with Crippen molar-refractivity contribution in [3.8, 4) is 0 Å². The van der Waals surface area contributed by atoms with Crippen molar-refractivity contribution in [3.63, 3.8) is 0 Å². The minimum absolute atomic E-state index is 0.798. The van der Waals surface area contributed by atoms with E-state index in [9.17, 15) is 0 Å². The van der Waals surface area contributed by atoms with Crippen LogP contribution in [0.4, 0.5) is 0 Å². The molecule has 0 aromatic rings. The third-order valence-corrected chi connectivity index (χ3v) is 3.64. The Morgan fingerprint density at radius 2 is 2.11 bits per heavy atom. The number of hydrogen-bond donors (Lipinski definition) is 1. The number of hydrogen-bond acceptors (Lipinski definition) is 4. The SMILES string of the molecule is CCCN(CCOCCCOC)CC1CCCNC1. The van der Waals surface area contributed by atoms with Crippen molar-refractivity contribution in [2.24, 2.45) is 5.92 Å². The van der Waals surface area contributed by atoms with E-state index in [1.807, 2.05) is 0 Å². The molecule has 4 nitrogen and oxygen atoms in total. The molecule has 1 unspecified atom stereocenters. The summed E-state index contributed by atoms with van der Waals surface area (Å²) in [5.74, 6) is 0.828. The van der Waals surface area contributed by atoms with Gasteiger partial charge < -0.3 is 19.7 Å². The summed E-state index contributed by atoms with van der Waals surface area (Å²) in [5, 5.41) is 3.50. The minimum atomic E-state index is 0.798. The van der Waals surface area contributed by atoms with E-state index in [4.69, 9.17) is 9.47 Å². The van der Waals surface area contributed by atoms with Gasteiger partial charge >= 0.3 is 0 Å². The summed E-state index contributed by atoms with van der Waals surface area (Å²) < 4.78 is 10.7. The standard InChI is InChI=1S/C15H32N2O2/c1-3-8-17(9-12-19-11-5-10-18-2)14-15-6-4-7-16-13-15/h15-16H,3-14H2,1-2H3. The highest BCUT2D eigenvalue weighted by Crippen LogP contribution is 2.11. The number of ether oxygens (including phenoxy) is 2. The van der Waals surface area contributed by atoms with Crippen LogP contribution >= 0.6 is 0 Å². The molecule has 114 valence electrons. The molecular weight excluding hydrogens is 240 g/mol. The van der Waals surface area contributed by atoms with Crippen LogP contribution in [0.25, 0.3) is 0 Å². The Balaban J connectivity index is 2.09. The zero-order valence-corrected chi connectivity index (χ0v) is 12.8. The van der Waals surface area contributed by atoms with Gasteiger partial charge in [-0.25, -0.2) is 0 Å². The molecule has 0 aliphatic carbocycles. The molecule has 1 fully saturated rings. The molecule has 19 heavy (non-hydrogen) atoms. The molecule has 1 N–H and O–H groups in total. The van der Waals surface area contributed by atoms with Gasteiger partial charge in [-0.1, -0.05) is 6.92 Å². The largest absolute Gasteiger partial charge is 0.385 e. The topological polar surface area (TPSA) is 33.7 Å². The van der Waals surface area contributed by atoms with Gasteiger partial charge in [0.25, 0.3) is 0 Å². The molecule has 4 heteroatoms. The fourth-order valence-corrected chi connectivity index (χ4v) is 2.66. The lowest BCUT2D eigenvalue weighted by atomic mass is 9.99. The summed E-state index contributed by atoms with van der Waals surface area (Å²) in [6.07, 6.45) is 4.93. The third kappa shape index (κ3) is 8.58. The zero-order valence-electron chi connectivity index (χ0n) is 12.8. The summed E-state index contributed by atoms with van der Waals surface area (Å²) in [4.78, 5) is 2.56. The smallest absolute Gasteiger partial charge is 0.0593 e. The van der Waals surface area contributed by atoms with E-state index in [-0.39, 0.29) is 0 Å². The van der Waals surface area contributed by atoms with Crippen molar-refractivity contribution >= 4 is 0 Å². The van der Waals surface area contributed by atoms with Crippen LogP contribution in [0.2, 0.25) is 0 Å². The summed E-state index contributed by atoms with van der Waals surface area (Å²) >= 11 is 0. The van der Waals surface area contributed by atoms with Crippen LogP contribution in [0.5, 0.6) is 0 Å². The van der Waals surface area contributed by atoms with E-state index in [0.29, 0.717) is 0 Å². The summed E-state index contributed by atoms with van der Waals surface area (Å²) in [6, 6.07) is 0. The molecular formula is C15H32N2O2. The Morgan fingerprint density at radius 3 is 2.79 bits per heavy atom. The Bertz CT molecular complexity index is 197. The van der Waals surface area contributed by atoms with Gasteiger partial charge in [0.2, 0.25) is 0 Å². The van der Waals surface area contributed by atoms with Crippen LogP contribution in [0, 0.1) is 5.92 Å². The van der Waals surface area contributed by atoms with Gasteiger partial charge in [0, 0.05) is 33.4 Å². The second-order valence-corrected chi connectivity index (χ2v) is 5.47. The second kappa shape index (κ2) is 11.6. The van der Waals surface area contributed by atoms with Gasteiger partial charge in [-0.05, 0) is 51.2 Å². The van der Waals surface area contributed by atoms with Crippen molar-refractivity contribution in [3.05, 3.63) is 0 Å². The maximum atomic E-state index is 5.66.